The second-order valence-corrected chi connectivity index (χ2v) is 5.48. The van der Waals surface area contributed by atoms with Gasteiger partial charge < -0.3 is 16.0 Å². The highest BCUT2D eigenvalue weighted by atomic mass is 32.2. The Balaban J connectivity index is 4.36. The highest BCUT2D eigenvalue weighted by Crippen LogP contribution is 2.03. The summed E-state index contributed by atoms with van der Waals surface area (Å²) in [6.45, 7) is 5.31. The van der Waals surface area contributed by atoms with E-state index in [4.69, 9.17) is 5.73 Å². The van der Waals surface area contributed by atoms with E-state index in [0.717, 1.165) is 18.6 Å². The lowest BCUT2D eigenvalue weighted by molar-refractivity contribution is -0.137. The maximum atomic E-state index is 12.2. The van der Waals surface area contributed by atoms with Crippen LogP contribution in [0.4, 0.5) is 0 Å². The van der Waals surface area contributed by atoms with E-state index in [1.807, 2.05) is 20.1 Å². The third-order valence-corrected chi connectivity index (χ3v) is 3.31. The molecule has 6 heteroatoms. The van der Waals surface area contributed by atoms with Crippen molar-refractivity contribution in [3.8, 4) is 0 Å². The number of carbonyl (C=O) groups excluding carboxylic acids is 2. The number of nitrogens with two attached hydrogens (primary N) is 1. The maximum absolute atomic E-state index is 12.2. The molecule has 19 heavy (non-hydrogen) atoms. The van der Waals surface area contributed by atoms with Crippen molar-refractivity contribution in [3.05, 3.63) is 0 Å². The van der Waals surface area contributed by atoms with Crippen LogP contribution >= 0.6 is 11.8 Å². The fourth-order valence-corrected chi connectivity index (χ4v) is 2.12. The van der Waals surface area contributed by atoms with E-state index >= 15 is 0 Å². The van der Waals surface area contributed by atoms with Gasteiger partial charge in [0.25, 0.3) is 0 Å². The second-order valence-electron chi connectivity index (χ2n) is 4.50. The molecule has 0 unspecified atom stereocenters. The van der Waals surface area contributed by atoms with E-state index in [1.54, 1.807) is 16.7 Å². The molecule has 3 N–H and O–H groups in total. The quantitative estimate of drug-likeness (QED) is 0.625. The number of nitrogens with one attached hydrogen (secondary N) is 1. The summed E-state index contributed by atoms with van der Waals surface area (Å²) in [5, 5.41) is 2.78. The van der Waals surface area contributed by atoms with Crippen molar-refractivity contribution in [3.63, 3.8) is 0 Å². The molecule has 0 saturated carbocycles. The maximum Gasteiger partial charge on any atom is 0.239 e. The first-order valence-electron chi connectivity index (χ1n) is 6.86. The van der Waals surface area contributed by atoms with Gasteiger partial charge in [-0.3, -0.25) is 9.59 Å². The molecule has 0 heterocycles. The van der Waals surface area contributed by atoms with Crippen LogP contribution in [0.3, 0.4) is 0 Å². The van der Waals surface area contributed by atoms with Gasteiger partial charge >= 0.3 is 0 Å². The molecule has 5 nitrogen and oxygen atoms in total. The summed E-state index contributed by atoms with van der Waals surface area (Å²) < 4.78 is 0. The minimum Gasteiger partial charge on any atom is -0.355 e. The van der Waals surface area contributed by atoms with Crippen molar-refractivity contribution in [2.24, 2.45) is 5.73 Å². The van der Waals surface area contributed by atoms with Crippen LogP contribution in [0.1, 0.15) is 33.1 Å². The Morgan fingerprint density at radius 2 is 2.00 bits per heavy atom. The van der Waals surface area contributed by atoms with Gasteiger partial charge in [-0.05, 0) is 31.3 Å². The van der Waals surface area contributed by atoms with Gasteiger partial charge in [0.1, 0.15) is 0 Å². The highest BCUT2D eigenvalue weighted by Gasteiger charge is 2.21. The first-order chi connectivity index (χ1) is 9.06. The molecule has 0 aromatic rings. The second kappa shape index (κ2) is 11.1. The van der Waals surface area contributed by atoms with Crippen molar-refractivity contribution in [1.29, 1.82) is 0 Å². The largest absolute Gasteiger partial charge is 0.355 e. The van der Waals surface area contributed by atoms with Crippen LogP contribution < -0.4 is 11.1 Å². The molecule has 1 atom stereocenters. The number of nitrogens with zero attached hydrogens (tertiary/aromatic N) is 1. The molecule has 0 spiro atoms. The van der Waals surface area contributed by atoms with Gasteiger partial charge in [0.15, 0.2) is 0 Å². The smallest absolute Gasteiger partial charge is 0.239 e. The van der Waals surface area contributed by atoms with E-state index in [1.165, 1.54) is 0 Å². The molecule has 0 aliphatic rings. The molecular formula is C13H27N3O2S. The van der Waals surface area contributed by atoms with Gasteiger partial charge in [-0.15, -0.1) is 0 Å². The number of rotatable bonds is 10. The first kappa shape index (κ1) is 18.2. The number of carbonyl (C=O) groups is 2. The van der Waals surface area contributed by atoms with Gasteiger partial charge in [0.2, 0.25) is 11.8 Å². The van der Waals surface area contributed by atoms with Gasteiger partial charge in [-0.1, -0.05) is 13.8 Å². The van der Waals surface area contributed by atoms with E-state index in [0.29, 0.717) is 19.5 Å². The third kappa shape index (κ3) is 8.10. The van der Waals surface area contributed by atoms with E-state index < -0.39 is 6.04 Å². The summed E-state index contributed by atoms with van der Waals surface area (Å²) in [5.74, 6) is 0.623. The molecule has 112 valence electrons. The Bertz CT molecular complexity index is 275. The normalized spacial score (nSPS) is 12.0. The molecule has 0 bridgehead atoms. The fraction of sp³-hybridized carbons (Fsp3) is 0.846. The number of hydrogen-bond donors (Lipinski definition) is 2. The van der Waals surface area contributed by atoms with Gasteiger partial charge in [-0.2, -0.15) is 11.8 Å². The fourth-order valence-electron chi connectivity index (χ4n) is 1.63. The van der Waals surface area contributed by atoms with E-state index in [-0.39, 0.29) is 18.4 Å². The number of hydrogen-bond acceptors (Lipinski definition) is 4. The van der Waals surface area contributed by atoms with Gasteiger partial charge in [0, 0.05) is 13.1 Å². The lowest BCUT2D eigenvalue weighted by Crippen LogP contribution is -2.48. The minimum absolute atomic E-state index is 0.110. The Kier molecular flexibility index (Phi) is 10.7. The van der Waals surface area contributed by atoms with Crippen molar-refractivity contribution in [1.82, 2.24) is 10.2 Å². The lowest BCUT2D eigenvalue weighted by atomic mass is 10.2. The van der Waals surface area contributed by atoms with Crippen LogP contribution in [0.2, 0.25) is 0 Å². The average molecular weight is 289 g/mol. The summed E-state index contributed by atoms with van der Waals surface area (Å²) in [7, 11) is 0. The van der Waals surface area contributed by atoms with Crippen molar-refractivity contribution in [2.45, 2.75) is 39.2 Å². The lowest BCUT2D eigenvalue weighted by Gasteiger charge is -2.24. The molecule has 0 aliphatic carbocycles. The third-order valence-electron chi connectivity index (χ3n) is 2.66. The molecule has 2 amide bonds. The SMILES string of the molecule is CCCNC(=O)CN(CCC)C(=O)[C@H](N)CCSC. The Hall–Kier alpha value is -0.750. The zero-order valence-electron chi connectivity index (χ0n) is 12.3. The van der Waals surface area contributed by atoms with Crippen LogP contribution in [0.25, 0.3) is 0 Å². The summed E-state index contributed by atoms with van der Waals surface area (Å²) in [4.78, 5) is 25.4. The number of amides is 2. The summed E-state index contributed by atoms with van der Waals surface area (Å²) in [6, 6.07) is -0.502. The van der Waals surface area contributed by atoms with Crippen molar-refractivity contribution in [2.75, 3.05) is 31.6 Å². The predicted molar refractivity (Wildman–Crippen MR) is 81.1 cm³/mol. The summed E-state index contributed by atoms with van der Waals surface area (Å²) >= 11 is 1.67. The Labute approximate surface area is 120 Å². The first-order valence-corrected chi connectivity index (χ1v) is 8.26. The van der Waals surface area contributed by atoms with Crippen LogP contribution in [0.15, 0.2) is 0 Å². The molecule has 0 saturated heterocycles. The molecule has 0 fully saturated rings. The van der Waals surface area contributed by atoms with Crippen molar-refractivity contribution < 1.29 is 9.59 Å². The molecular weight excluding hydrogens is 262 g/mol. The molecule has 0 aromatic heterocycles. The van der Waals surface area contributed by atoms with Gasteiger partial charge in [-0.25, -0.2) is 0 Å². The van der Waals surface area contributed by atoms with Crippen LogP contribution in [-0.4, -0.2) is 54.4 Å². The number of thioether (sulfide) groups is 1. The predicted octanol–water partition coefficient (Wildman–Crippen LogP) is 0.832. The molecule has 0 rings (SSSR count). The summed E-state index contributed by atoms with van der Waals surface area (Å²) in [5.41, 5.74) is 5.87. The zero-order chi connectivity index (χ0) is 14.7. The van der Waals surface area contributed by atoms with E-state index in [9.17, 15) is 9.59 Å². The van der Waals surface area contributed by atoms with E-state index in [2.05, 4.69) is 5.32 Å². The van der Waals surface area contributed by atoms with Crippen LogP contribution in [-0.2, 0) is 9.59 Å². The summed E-state index contributed by atoms with van der Waals surface area (Å²) in [6.07, 6.45) is 4.35. The van der Waals surface area contributed by atoms with Crippen molar-refractivity contribution >= 4 is 23.6 Å². The Morgan fingerprint density at radius 3 is 2.53 bits per heavy atom. The topological polar surface area (TPSA) is 75.4 Å². The highest BCUT2D eigenvalue weighted by molar-refractivity contribution is 7.98. The van der Waals surface area contributed by atoms with Gasteiger partial charge in [0.05, 0.1) is 12.6 Å². The molecule has 0 aromatic carbocycles. The monoisotopic (exact) mass is 289 g/mol. The van der Waals surface area contributed by atoms with Crippen LogP contribution in [0, 0.1) is 0 Å². The molecule has 0 radical (unpaired) electrons. The zero-order valence-corrected chi connectivity index (χ0v) is 13.1. The minimum atomic E-state index is -0.502. The Morgan fingerprint density at radius 1 is 1.32 bits per heavy atom. The standard InChI is InChI=1S/C13H27N3O2S/c1-4-7-15-12(17)10-16(8-5-2)13(18)11(14)6-9-19-3/h11H,4-10,14H2,1-3H3,(H,15,17)/t11-/m1/s1. The average Bonchev–Trinajstić information content (AvgIpc) is 2.41. The molecule has 0 aliphatic heterocycles. The van der Waals surface area contributed by atoms with Crippen LogP contribution in [0.5, 0.6) is 0 Å².